The van der Waals surface area contributed by atoms with Crippen LogP contribution in [0.25, 0.3) is 22.0 Å². The van der Waals surface area contributed by atoms with Crippen molar-refractivity contribution in [3.05, 3.63) is 42.4 Å². The van der Waals surface area contributed by atoms with Gasteiger partial charge in [0.05, 0.1) is 11.7 Å². The highest BCUT2D eigenvalue weighted by molar-refractivity contribution is 5.95. The van der Waals surface area contributed by atoms with E-state index < -0.39 is 0 Å². The summed E-state index contributed by atoms with van der Waals surface area (Å²) in [5.41, 5.74) is 5.43. The van der Waals surface area contributed by atoms with Gasteiger partial charge in [0.15, 0.2) is 0 Å². The number of fused-ring (bicyclic) bond motifs is 1. The molecule has 1 N–H and O–H groups in total. The number of carbonyl (C=O) groups excluding carboxylic acids is 1. The van der Waals surface area contributed by atoms with Gasteiger partial charge in [0.25, 0.3) is 0 Å². The lowest BCUT2D eigenvalue weighted by molar-refractivity contribution is 0.156. The molecule has 8 heteroatoms. The van der Waals surface area contributed by atoms with Crippen molar-refractivity contribution in [2.75, 3.05) is 65.3 Å². The van der Waals surface area contributed by atoms with E-state index in [-0.39, 0.29) is 6.03 Å². The number of aromatic nitrogens is 3. The number of nitrogens with one attached hydrogen (secondary N) is 1. The maximum absolute atomic E-state index is 12.8. The highest BCUT2D eigenvalue weighted by Gasteiger charge is 2.24. The average molecular weight is 422 g/mol. The summed E-state index contributed by atoms with van der Waals surface area (Å²) in [6.45, 7) is 6.68. The van der Waals surface area contributed by atoms with Crippen LogP contribution in [0.1, 0.15) is 5.69 Å². The van der Waals surface area contributed by atoms with Crippen LogP contribution in [-0.2, 0) is 0 Å². The summed E-state index contributed by atoms with van der Waals surface area (Å²) in [6, 6.07) is 8.55. The minimum absolute atomic E-state index is 0.110. The highest BCUT2D eigenvalue weighted by atomic mass is 16.2. The van der Waals surface area contributed by atoms with Crippen molar-refractivity contribution >= 4 is 22.6 Å². The van der Waals surface area contributed by atoms with E-state index in [0.717, 1.165) is 67.0 Å². The summed E-state index contributed by atoms with van der Waals surface area (Å²) in [7, 11) is 5.93. The van der Waals surface area contributed by atoms with Crippen LogP contribution in [0.3, 0.4) is 0 Å². The number of carbonyl (C=O) groups is 1. The van der Waals surface area contributed by atoms with E-state index in [1.165, 1.54) is 5.69 Å². The molecule has 1 aliphatic heterocycles. The van der Waals surface area contributed by atoms with Gasteiger partial charge in [0.2, 0.25) is 0 Å². The van der Waals surface area contributed by atoms with Crippen LogP contribution in [0.5, 0.6) is 0 Å². The summed E-state index contributed by atoms with van der Waals surface area (Å²) >= 11 is 0. The molecule has 1 aromatic carbocycles. The van der Waals surface area contributed by atoms with Gasteiger partial charge in [-0.05, 0) is 44.8 Å². The number of aryl methyl sites for hydroxylation is 1. The number of anilines is 1. The van der Waals surface area contributed by atoms with E-state index in [4.69, 9.17) is 0 Å². The number of pyridine rings is 1. The van der Waals surface area contributed by atoms with Gasteiger partial charge in [0, 0.05) is 74.8 Å². The molecule has 2 amide bonds. The molecule has 2 aromatic heterocycles. The summed E-state index contributed by atoms with van der Waals surface area (Å²) in [5, 5.41) is 8.30. The van der Waals surface area contributed by atoms with Crippen molar-refractivity contribution in [3.63, 3.8) is 0 Å². The lowest BCUT2D eigenvalue weighted by Crippen LogP contribution is -2.52. The molecule has 0 saturated carbocycles. The lowest BCUT2D eigenvalue weighted by Gasteiger charge is -2.38. The molecule has 1 fully saturated rings. The van der Waals surface area contributed by atoms with Crippen molar-refractivity contribution in [1.29, 1.82) is 0 Å². The zero-order chi connectivity index (χ0) is 22.0. The fourth-order valence-electron chi connectivity index (χ4n) is 4.04. The summed E-state index contributed by atoms with van der Waals surface area (Å²) in [5.74, 6) is 0. The van der Waals surface area contributed by atoms with Crippen LogP contribution in [-0.4, -0.2) is 96.3 Å². The van der Waals surface area contributed by atoms with E-state index in [0.29, 0.717) is 0 Å². The fourth-order valence-corrected chi connectivity index (χ4v) is 4.04. The standard InChI is InChI=1S/C23H31N7O/c1-17-20(16-25-26-17)18-5-6-21-19(15-18)22(7-8-24-21)29-11-13-30(14-12-29)23(31)28(4)10-9-27(2)3/h5-8,15-16H,9-14H2,1-4H3,(H,25,26). The number of amides is 2. The number of piperazine rings is 1. The van der Waals surface area contributed by atoms with E-state index in [9.17, 15) is 4.79 Å². The van der Waals surface area contributed by atoms with Crippen LogP contribution in [0.4, 0.5) is 10.5 Å². The number of aromatic amines is 1. The first-order chi connectivity index (χ1) is 14.9. The quantitative estimate of drug-likeness (QED) is 0.686. The van der Waals surface area contributed by atoms with Crippen LogP contribution in [0.15, 0.2) is 36.7 Å². The monoisotopic (exact) mass is 421 g/mol. The molecule has 164 valence electrons. The van der Waals surface area contributed by atoms with E-state index >= 15 is 0 Å². The van der Waals surface area contributed by atoms with Gasteiger partial charge < -0.3 is 19.6 Å². The Bertz CT molecular complexity index is 1050. The zero-order valence-electron chi connectivity index (χ0n) is 18.8. The topological polar surface area (TPSA) is 71.6 Å². The number of rotatable bonds is 5. The number of likely N-dealkylation sites (N-methyl/N-ethyl adjacent to an activating group) is 2. The Balaban J connectivity index is 1.50. The van der Waals surface area contributed by atoms with Gasteiger partial charge >= 0.3 is 6.03 Å². The van der Waals surface area contributed by atoms with Crippen molar-refractivity contribution in [3.8, 4) is 11.1 Å². The molecular formula is C23H31N7O. The van der Waals surface area contributed by atoms with Crippen molar-refractivity contribution in [1.82, 2.24) is 29.9 Å². The second-order valence-corrected chi connectivity index (χ2v) is 8.45. The first-order valence-corrected chi connectivity index (χ1v) is 10.7. The Morgan fingerprint density at radius 2 is 1.87 bits per heavy atom. The van der Waals surface area contributed by atoms with Gasteiger partial charge in [-0.25, -0.2) is 4.79 Å². The third kappa shape index (κ3) is 4.49. The molecule has 0 atom stereocenters. The minimum Gasteiger partial charge on any atom is -0.367 e. The number of H-pyrrole nitrogens is 1. The summed E-state index contributed by atoms with van der Waals surface area (Å²) in [6.07, 6.45) is 3.73. The van der Waals surface area contributed by atoms with E-state index in [2.05, 4.69) is 49.2 Å². The number of hydrogen-bond donors (Lipinski definition) is 1. The smallest absolute Gasteiger partial charge is 0.319 e. The molecule has 0 bridgehead atoms. The van der Waals surface area contributed by atoms with Gasteiger partial charge in [-0.3, -0.25) is 10.1 Å². The van der Waals surface area contributed by atoms with Crippen molar-refractivity contribution < 1.29 is 4.79 Å². The Morgan fingerprint density at radius 1 is 1.10 bits per heavy atom. The maximum Gasteiger partial charge on any atom is 0.319 e. The Labute approximate surface area is 183 Å². The lowest BCUT2D eigenvalue weighted by atomic mass is 10.0. The minimum atomic E-state index is 0.110. The third-order valence-electron chi connectivity index (χ3n) is 5.96. The predicted octanol–water partition coefficient (Wildman–Crippen LogP) is 2.67. The maximum atomic E-state index is 12.8. The Kier molecular flexibility index (Phi) is 6.08. The molecular weight excluding hydrogens is 390 g/mol. The van der Waals surface area contributed by atoms with Gasteiger partial charge in [-0.15, -0.1) is 0 Å². The normalized spacial score (nSPS) is 14.5. The average Bonchev–Trinajstić information content (AvgIpc) is 3.22. The van der Waals surface area contributed by atoms with Gasteiger partial charge in [-0.1, -0.05) is 6.07 Å². The summed E-state index contributed by atoms with van der Waals surface area (Å²) in [4.78, 5) is 25.6. The highest BCUT2D eigenvalue weighted by Crippen LogP contribution is 2.31. The SMILES string of the molecule is Cc1[nH]ncc1-c1ccc2nccc(N3CCN(C(=O)N(C)CCN(C)C)CC3)c2c1. The molecule has 3 heterocycles. The molecule has 0 unspecified atom stereocenters. The number of urea groups is 1. The molecule has 0 spiro atoms. The number of hydrogen-bond acceptors (Lipinski definition) is 5. The zero-order valence-corrected chi connectivity index (χ0v) is 18.8. The molecule has 31 heavy (non-hydrogen) atoms. The molecule has 1 saturated heterocycles. The molecule has 3 aromatic rings. The molecule has 1 aliphatic rings. The first kappa shape index (κ1) is 21.1. The first-order valence-electron chi connectivity index (χ1n) is 10.7. The molecule has 4 rings (SSSR count). The van der Waals surface area contributed by atoms with E-state index in [1.807, 2.05) is 50.3 Å². The van der Waals surface area contributed by atoms with Crippen LogP contribution < -0.4 is 4.90 Å². The van der Waals surface area contributed by atoms with Crippen molar-refractivity contribution in [2.45, 2.75) is 6.92 Å². The van der Waals surface area contributed by atoms with Crippen LogP contribution in [0, 0.1) is 6.92 Å². The van der Waals surface area contributed by atoms with Gasteiger partial charge in [0.1, 0.15) is 0 Å². The van der Waals surface area contributed by atoms with E-state index in [1.54, 1.807) is 0 Å². The molecule has 0 aliphatic carbocycles. The number of nitrogens with zero attached hydrogens (tertiary/aromatic N) is 6. The predicted molar refractivity (Wildman–Crippen MR) is 124 cm³/mol. The van der Waals surface area contributed by atoms with Crippen molar-refractivity contribution in [2.24, 2.45) is 0 Å². The van der Waals surface area contributed by atoms with Crippen LogP contribution >= 0.6 is 0 Å². The third-order valence-corrected chi connectivity index (χ3v) is 5.96. The Hall–Kier alpha value is -3.13. The Morgan fingerprint density at radius 3 is 2.55 bits per heavy atom. The summed E-state index contributed by atoms with van der Waals surface area (Å²) < 4.78 is 0. The fraction of sp³-hybridized carbons (Fsp3) is 0.435. The largest absolute Gasteiger partial charge is 0.367 e. The van der Waals surface area contributed by atoms with Gasteiger partial charge in [-0.2, -0.15) is 5.10 Å². The number of benzene rings is 1. The molecule has 0 radical (unpaired) electrons. The second kappa shape index (κ2) is 8.93. The molecule has 8 nitrogen and oxygen atoms in total. The van der Waals surface area contributed by atoms with Crippen LogP contribution in [0.2, 0.25) is 0 Å². The second-order valence-electron chi connectivity index (χ2n) is 8.45.